The van der Waals surface area contributed by atoms with Gasteiger partial charge >= 0.3 is 0 Å². The number of carbonyl (C=O) groups is 1. The van der Waals surface area contributed by atoms with E-state index in [0.717, 1.165) is 22.5 Å². The predicted octanol–water partition coefficient (Wildman–Crippen LogP) is 4.69. The van der Waals surface area contributed by atoms with Crippen molar-refractivity contribution in [3.8, 4) is 0 Å². The van der Waals surface area contributed by atoms with Crippen LogP contribution in [0, 0.1) is 19.8 Å². The van der Waals surface area contributed by atoms with Gasteiger partial charge in [-0.2, -0.15) is 5.10 Å². The number of aryl methyl sites for hydroxylation is 2. The number of rotatable bonds is 6. The highest BCUT2D eigenvalue weighted by molar-refractivity contribution is 5.92. The summed E-state index contributed by atoms with van der Waals surface area (Å²) in [7, 11) is 1.91. The van der Waals surface area contributed by atoms with Gasteiger partial charge < -0.3 is 5.32 Å². The Bertz CT molecular complexity index is 782. The Morgan fingerprint density at radius 2 is 1.65 bits per heavy atom. The number of aromatic nitrogens is 2. The lowest BCUT2D eigenvalue weighted by atomic mass is 9.93. The van der Waals surface area contributed by atoms with E-state index >= 15 is 0 Å². The summed E-state index contributed by atoms with van der Waals surface area (Å²) in [4.78, 5) is 12.5. The Kier molecular flexibility index (Phi) is 6.41. The average molecular weight is 354 g/mol. The molecule has 4 heteroatoms. The van der Waals surface area contributed by atoms with Gasteiger partial charge in [0.25, 0.3) is 0 Å². The summed E-state index contributed by atoms with van der Waals surface area (Å²) in [5.74, 6) is 0.725. The molecule has 0 aliphatic carbocycles. The van der Waals surface area contributed by atoms with E-state index in [4.69, 9.17) is 0 Å². The molecule has 1 N–H and O–H groups in total. The van der Waals surface area contributed by atoms with Gasteiger partial charge in [0, 0.05) is 24.4 Å². The summed E-state index contributed by atoms with van der Waals surface area (Å²) in [5.41, 5.74) is 5.44. The van der Waals surface area contributed by atoms with Gasteiger partial charge in [-0.3, -0.25) is 9.48 Å². The molecule has 1 aromatic carbocycles. The Balaban J connectivity index is 2.14. The first-order chi connectivity index (χ1) is 12.2. The first-order valence-corrected chi connectivity index (χ1v) is 9.29. The molecule has 0 aliphatic rings. The molecule has 1 atom stereocenters. The van der Waals surface area contributed by atoms with Crippen molar-refractivity contribution in [2.75, 3.05) is 0 Å². The van der Waals surface area contributed by atoms with E-state index < -0.39 is 0 Å². The monoisotopic (exact) mass is 353 g/mol. The van der Waals surface area contributed by atoms with Crippen LogP contribution in [0.3, 0.4) is 0 Å². The van der Waals surface area contributed by atoms with Crippen LogP contribution in [0.1, 0.15) is 67.7 Å². The van der Waals surface area contributed by atoms with Crippen LogP contribution in [0.25, 0.3) is 6.08 Å². The largest absolute Gasteiger partial charge is 0.345 e. The van der Waals surface area contributed by atoms with Crippen LogP contribution >= 0.6 is 0 Å². The van der Waals surface area contributed by atoms with Gasteiger partial charge in [-0.15, -0.1) is 0 Å². The molecular weight excluding hydrogens is 322 g/mol. The van der Waals surface area contributed by atoms with Crippen molar-refractivity contribution in [1.29, 1.82) is 0 Å². The first-order valence-electron chi connectivity index (χ1n) is 9.29. The summed E-state index contributed by atoms with van der Waals surface area (Å²) in [6, 6.07) is 8.54. The molecule has 2 rings (SSSR count). The molecule has 1 aromatic heterocycles. The van der Waals surface area contributed by atoms with Crippen molar-refractivity contribution < 1.29 is 4.79 Å². The molecule has 0 fully saturated rings. The van der Waals surface area contributed by atoms with E-state index in [0.29, 0.717) is 11.8 Å². The van der Waals surface area contributed by atoms with E-state index in [1.54, 1.807) is 6.08 Å². The topological polar surface area (TPSA) is 46.9 Å². The standard InChI is InChI=1S/C22H31N3O/c1-14(2)18-8-10-19(11-9-18)22(15(3)4)23-21(26)13-12-20-16(5)24-25(7)17(20)6/h8-15,22H,1-7H3,(H,23,26)/b13-12+. The summed E-state index contributed by atoms with van der Waals surface area (Å²) in [6.45, 7) is 12.6. The highest BCUT2D eigenvalue weighted by Gasteiger charge is 2.17. The molecule has 140 valence electrons. The van der Waals surface area contributed by atoms with E-state index in [9.17, 15) is 4.79 Å². The lowest BCUT2D eigenvalue weighted by Crippen LogP contribution is -2.30. The van der Waals surface area contributed by atoms with Crippen molar-refractivity contribution >= 4 is 12.0 Å². The third kappa shape index (κ3) is 4.63. The fourth-order valence-electron chi connectivity index (χ4n) is 3.11. The van der Waals surface area contributed by atoms with Crippen molar-refractivity contribution in [3.63, 3.8) is 0 Å². The zero-order valence-corrected chi connectivity index (χ0v) is 17.0. The van der Waals surface area contributed by atoms with Gasteiger partial charge in [0.05, 0.1) is 11.7 Å². The third-order valence-corrected chi connectivity index (χ3v) is 4.89. The fraction of sp³-hybridized carbons (Fsp3) is 0.455. The van der Waals surface area contributed by atoms with Gasteiger partial charge in [-0.05, 0) is 42.9 Å². The summed E-state index contributed by atoms with van der Waals surface area (Å²) >= 11 is 0. The number of amides is 1. The smallest absolute Gasteiger partial charge is 0.244 e. The molecule has 1 amide bonds. The lowest BCUT2D eigenvalue weighted by Gasteiger charge is -2.23. The number of nitrogens with zero attached hydrogens (tertiary/aromatic N) is 2. The average Bonchev–Trinajstić information content (AvgIpc) is 2.83. The maximum Gasteiger partial charge on any atom is 0.244 e. The molecule has 1 heterocycles. The van der Waals surface area contributed by atoms with Gasteiger partial charge in [0.1, 0.15) is 0 Å². The molecule has 0 saturated carbocycles. The van der Waals surface area contributed by atoms with Crippen LogP contribution in [-0.2, 0) is 11.8 Å². The second kappa shape index (κ2) is 8.35. The second-order valence-corrected chi connectivity index (χ2v) is 7.59. The lowest BCUT2D eigenvalue weighted by molar-refractivity contribution is -0.117. The molecule has 2 aromatic rings. The minimum atomic E-state index is -0.0840. The molecule has 4 nitrogen and oxygen atoms in total. The Morgan fingerprint density at radius 3 is 2.12 bits per heavy atom. The highest BCUT2D eigenvalue weighted by Crippen LogP contribution is 2.24. The van der Waals surface area contributed by atoms with Crippen LogP contribution in [0.5, 0.6) is 0 Å². The van der Waals surface area contributed by atoms with Crippen LogP contribution in [0.4, 0.5) is 0 Å². The van der Waals surface area contributed by atoms with Crippen molar-refractivity contribution in [2.24, 2.45) is 13.0 Å². The molecule has 0 spiro atoms. The Labute approximate surface area is 157 Å². The zero-order valence-electron chi connectivity index (χ0n) is 17.0. The van der Waals surface area contributed by atoms with Crippen molar-refractivity contribution in [3.05, 3.63) is 58.4 Å². The van der Waals surface area contributed by atoms with E-state index in [1.165, 1.54) is 5.56 Å². The Hall–Kier alpha value is -2.36. The van der Waals surface area contributed by atoms with Gasteiger partial charge in [0.15, 0.2) is 0 Å². The van der Waals surface area contributed by atoms with Crippen LogP contribution in [0.2, 0.25) is 0 Å². The molecule has 0 radical (unpaired) electrons. The molecule has 0 aliphatic heterocycles. The SMILES string of the molecule is Cc1nn(C)c(C)c1/C=C/C(=O)NC(c1ccc(C(C)C)cc1)C(C)C. The molecular formula is C22H31N3O. The number of benzene rings is 1. The van der Waals surface area contributed by atoms with Crippen molar-refractivity contribution in [1.82, 2.24) is 15.1 Å². The minimum absolute atomic E-state index is 0.00976. The molecule has 0 saturated heterocycles. The molecule has 0 bridgehead atoms. The maximum atomic E-state index is 12.5. The zero-order chi connectivity index (χ0) is 19.4. The normalized spacial score (nSPS) is 13.0. The first kappa shape index (κ1) is 20.0. The van der Waals surface area contributed by atoms with Crippen LogP contribution < -0.4 is 5.32 Å². The van der Waals surface area contributed by atoms with Gasteiger partial charge in [-0.1, -0.05) is 52.0 Å². The minimum Gasteiger partial charge on any atom is -0.345 e. The van der Waals surface area contributed by atoms with E-state index in [-0.39, 0.29) is 11.9 Å². The summed E-state index contributed by atoms with van der Waals surface area (Å²) < 4.78 is 1.83. The number of carbonyl (C=O) groups excluding carboxylic acids is 1. The summed E-state index contributed by atoms with van der Waals surface area (Å²) in [6.07, 6.45) is 3.46. The van der Waals surface area contributed by atoms with Crippen LogP contribution in [0.15, 0.2) is 30.3 Å². The number of hydrogen-bond donors (Lipinski definition) is 1. The summed E-state index contributed by atoms with van der Waals surface area (Å²) in [5, 5.41) is 7.53. The number of hydrogen-bond acceptors (Lipinski definition) is 2. The third-order valence-electron chi connectivity index (χ3n) is 4.89. The van der Waals surface area contributed by atoms with E-state index in [1.807, 2.05) is 31.7 Å². The second-order valence-electron chi connectivity index (χ2n) is 7.59. The maximum absolute atomic E-state index is 12.5. The molecule has 1 unspecified atom stereocenters. The quantitative estimate of drug-likeness (QED) is 0.766. The van der Waals surface area contributed by atoms with Gasteiger partial charge in [0.2, 0.25) is 5.91 Å². The highest BCUT2D eigenvalue weighted by atomic mass is 16.1. The predicted molar refractivity (Wildman–Crippen MR) is 108 cm³/mol. The Morgan fingerprint density at radius 1 is 1.08 bits per heavy atom. The number of nitrogens with one attached hydrogen (secondary N) is 1. The van der Waals surface area contributed by atoms with Crippen LogP contribution in [-0.4, -0.2) is 15.7 Å². The van der Waals surface area contributed by atoms with Gasteiger partial charge in [-0.25, -0.2) is 0 Å². The molecule has 26 heavy (non-hydrogen) atoms. The fourth-order valence-corrected chi connectivity index (χ4v) is 3.11. The van der Waals surface area contributed by atoms with E-state index in [2.05, 4.69) is 62.4 Å². The van der Waals surface area contributed by atoms with Crippen molar-refractivity contribution in [2.45, 2.75) is 53.5 Å².